The van der Waals surface area contributed by atoms with Gasteiger partial charge >= 0.3 is 137 Å². The summed E-state index contributed by atoms with van der Waals surface area (Å²) in [5, 5.41) is 28.5. The molecular formula is C18H15BiO3. The molecule has 0 amide bonds. The van der Waals surface area contributed by atoms with Gasteiger partial charge in [0.05, 0.1) is 0 Å². The van der Waals surface area contributed by atoms with E-state index >= 15 is 0 Å². The van der Waals surface area contributed by atoms with Gasteiger partial charge in [-0.05, 0) is 0 Å². The van der Waals surface area contributed by atoms with Crippen molar-refractivity contribution in [3.63, 3.8) is 0 Å². The van der Waals surface area contributed by atoms with Gasteiger partial charge in [0.2, 0.25) is 0 Å². The summed E-state index contributed by atoms with van der Waals surface area (Å²) in [7, 11) is 0. The Morgan fingerprint density at radius 2 is 0.636 bits per heavy atom. The van der Waals surface area contributed by atoms with Crippen LogP contribution in [0.1, 0.15) is 0 Å². The van der Waals surface area contributed by atoms with Gasteiger partial charge in [-0.25, -0.2) is 0 Å². The summed E-state index contributed by atoms with van der Waals surface area (Å²) >= 11 is -2.48. The third-order valence-electron chi connectivity index (χ3n) is 3.32. The molecule has 0 aliphatic carbocycles. The van der Waals surface area contributed by atoms with E-state index in [0.29, 0.717) is 0 Å². The van der Waals surface area contributed by atoms with E-state index in [1.165, 1.54) is 9.81 Å². The zero-order valence-corrected chi connectivity index (χ0v) is 15.2. The van der Waals surface area contributed by atoms with E-state index in [1.807, 2.05) is 36.4 Å². The van der Waals surface area contributed by atoms with Crippen LogP contribution in [0.4, 0.5) is 0 Å². The molecule has 110 valence electrons. The average molecular weight is 488 g/mol. The molecule has 0 aromatic heterocycles. The molecule has 3 nitrogen and oxygen atoms in total. The predicted octanol–water partition coefficient (Wildman–Crippen LogP) is 1.32. The Balaban J connectivity index is 2.10. The van der Waals surface area contributed by atoms with E-state index in [4.69, 9.17) is 0 Å². The Labute approximate surface area is 136 Å². The third kappa shape index (κ3) is 3.23. The Hall–Kier alpha value is -2.06. The minimum atomic E-state index is -2.48. The van der Waals surface area contributed by atoms with E-state index in [-0.39, 0.29) is 17.2 Å². The molecule has 4 heteroatoms. The second-order valence-corrected chi connectivity index (χ2v) is 13.5. The van der Waals surface area contributed by atoms with Crippen LogP contribution in [0.2, 0.25) is 0 Å². The van der Waals surface area contributed by atoms with Gasteiger partial charge in [-0.15, -0.1) is 0 Å². The van der Waals surface area contributed by atoms with Crippen LogP contribution < -0.4 is 9.81 Å². The molecule has 0 fully saturated rings. The van der Waals surface area contributed by atoms with Gasteiger partial charge in [-0.1, -0.05) is 0 Å². The zero-order valence-electron chi connectivity index (χ0n) is 11.7. The normalized spacial score (nSPS) is 10.8. The monoisotopic (exact) mass is 488 g/mol. The molecular weight excluding hydrogens is 473 g/mol. The van der Waals surface area contributed by atoms with Crippen LogP contribution >= 0.6 is 0 Å². The molecule has 0 radical (unpaired) electrons. The fraction of sp³-hybridized carbons (Fsp3) is 0. The maximum atomic E-state index is 9.51. The number of aromatic hydroxyl groups is 3. The summed E-state index contributed by atoms with van der Waals surface area (Å²) in [6, 6.07) is 22.0. The topological polar surface area (TPSA) is 60.7 Å². The standard InChI is InChI=1S/3C6H5O.Bi/c3*7-6-4-2-1-3-5-6;/h3*2-5,7H;. The quantitative estimate of drug-likeness (QED) is 0.488. The Kier molecular flexibility index (Phi) is 4.30. The molecule has 0 unspecified atom stereocenters. The number of benzene rings is 3. The minimum absolute atomic E-state index is 0.254. The van der Waals surface area contributed by atoms with Crippen LogP contribution in [0.5, 0.6) is 17.2 Å². The number of hydrogen-bond donors (Lipinski definition) is 3. The fourth-order valence-electron chi connectivity index (χ4n) is 2.25. The van der Waals surface area contributed by atoms with E-state index in [1.54, 1.807) is 36.4 Å². The molecule has 0 saturated carbocycles. The van der Waals surface area contributed by atoms with Gasteiger partial charge < -0.3 is 0 Å². The van der Waals surface area contributed by atoms with Gasteiger partial charge in [0.15, 0.2) is 0 Å². The van der Waals surface area contributed by atoms with E-state index in [9.17, 15) is 15.3 Å². The number of rotatable bonds is 3. The van der Waals surface area contributed by atoms with Crippen molar-refractivity contribution >= 4 is 31.6 Å². The molecule has 22 heavy (non-hydrogen) atoms. The number of phenols is 3. The molecule has 0 heterocycles. The van der Waals surface area contributed by atoms with Crippen molar-refractivity contribution < 1.29 is 15.3 Å². The molecule has 3 aromatic rings. The molecule has 0 aliphatic rings. The first-order valence-corrected chi connectivity index (χ1v) is 12.0. The van der Waals surface area contributed by atoms with Crippen LogP contribution in [0, 0.1) is 0 Å². The molecule has 3 N–H and O–H groups in total. The Morgan fingerprint density at radius 1 is 0.409 bits per heavy atom. The summed E-state index contributed by atoms with van der Waals surface area (Å²) in [6.45, 7) is 0. The van der Waals surface area contributed by atoms with Gasteiger partial charge in [-0.3, -0.25) is 0 Å². The molecule has 3 rings (SSSR count). The molecule has 0 atom stereocenters. The maximum absolute atomic E-state index is 9.51. The molecule has 0 spiro atoms. The van der Waals surface area contributed by atoms with E-state index < -0.39 is 21.8 Å². The van der Waals surface area contributed by atoms with Crippen molar-refractivity contribution in [3.05, 3.63) is 72.8 Å². The summed E-state index contributed by atoms with van der Waals surface area (Å²) < 4.78 is 3.68. The first-order valence-electron chi connectivity index (χ1n) is 6.81. The number of phenolic OH excluding ortho intramolecular Hbond substituents is 3. The molecule has 0 saturated heterocycles. The van der Waals surface area contributed by atoms with Crippen molar-refractivity contribution in [2.24, 2.45) is 0 Å². The molecule has 0 bridgehead atoms. The van der Waals surface area contributed by atoms with E-state index in [2.05, 4.69) is 0 Å². The SMILES string of the molecule is Oc1cc[c]([Bi]([c]2ccc(O)cc2)[c]2ccc(O)cc2)cc1. The zero-order chi connectivity index (χ0) is 15.5. The van der Waals surface area contributed by atoms with Crippen molar-refractivity contribution in [3.8, 4) is 17.2 Å². The van der Waals surface area contributed by atoms with Gasteiger partial charge in [0, 0.05) is 0 Å². The fourth-order valence-corrected chi connectivity index (χ4v) is 10.9. The van der Waals surface area contributed by atoms with Gasteiger partial charge in [0.25, 0.3) is 0 Å². The van der Waals surface area contributed by atoms with Gasteiger partial charge in [0.1, 0.15) is 0 Å². The predicted molar refractivity (Wildman–Crippen MR) is 89.0 cm³/mol. The van der Waals surface area contributed by atoms with Crippen LogP contribution in [0.25, 0.3) is 0 Å². The van der Waals surface area contributed by atoms with Crippen molar-refractivity contribution in [1.29, 1.82) is 0 Å². The third-order valence-corrected chi connectivity index (χ3v) is 12.8. The van der Waals surface area contributed by atoms with Crippen LogP contribution in [-0.4, -0.2) is 37.1 Å². The molecule has 3 aromatic carbocycles. The first kappa shape index (κ1) is 14.9. The van der Waals surface area contributed by atoms with Gasteiger partial charge in [-0.2, -0.15) is 0 Å². The summed E-state index contributed by atoms with van der Waals surface area (Å²) in [4.78, 5) is 0. The molecule has 0 aliphatic heterocycles. The van der Waals surface area contributed by atoms with Crippen LogP contribution in [-0.2, 0) is 0 Å². The van der Waals surface area contributed by atoms with Crippen LogP contribution in [0.15, 0.2) is 72.8 Å². The number of hydrogen-bond acceptors (Lipinski definition) is 3. The second kappa shape index (κ2) is 6.37. The Morgan fingerprint density at radius 3 is 0.864 bits per heavy atom. The van der Waals surface area contributed by atoms with Crippen molar-refractivity contribution in [2.75, 3.05) is 0 Å². The summed E-state index contributed by atoms with van der Waals surface area (Å²) in [5.41, 5.74) is 0. The summed E-state index contributed by atoms with van der Waals surface area (Å²) in [6.07, 6.45) is 0. The second-order valence-electron chi connectivity index (χ2n) is 4.88. The van der Waals surface area contributed by atoms with E-state index in [0.717, 1.165) is 0 Å². The van der Waals surface area contributed by atoms with Crippen molar-refractivity contribution in [2.45, 2.75) is 0 Å². The van der Waals surface area contributed by atoms with Crippen molar-refractivity contribution in [1.82, 2.24) is 0 Å². The van der Waals surface area contributed by atoms with Crippen LogP contribution in [0.3, 0.4) is 0 Å². The first-order chi connectivity index (χ1) is 10.6. The summed E-state index contributed by atoms with van der Waals surface area (Å²) in [5.74, 6) is 0.761. The Bertz CT molecular complexity index is 642. The average Bonchev–Trinajstić information content (AvgIpc) is 2.53.